The third-order valence-electron chi connectivity index (χ3n) is 3.08. The highest BCUT2D eigenvalue weighted by Crippen LogP contribution is 2.30. The number of anilines is 1. The Bertz CT molecular complexity index is 647. The molecule has 0 radical (unpaired) electrons. The van der Waals surface area contributed by atoms with E-state index >= 15 is 0 Å². The van der Waals surface area contributed by atoms with E-state index in [2.05, 4.69) is 11.4 Å². The first-order valence-corrected chi connectivity index (χ1v) is 6.27. The van der Waals surface area contributed by atoms with Crippen molar-refractivity contribution in [3.8, 4) is 17.6 Å². The number of benzene rings is 2. The summed E-state index contributed by atoms with van der Waals surface area (Å²) in [5, 5.41) is 21.9. The van der Waals surface area contributed by atoms with Crippen molar-refractivity contribution < 1.29 is 9.84 Å². The average molecular weight is 268 g/mol. The molecule has 0 saturated carbocycles. The van der Waals surface area contributed by atoms with Crippen molar-refractivity contribution in [3.05, 3.63) is 53.6 Å². The van der Waals surface area contributed by atoms with Gasteiger partial charge in [0.25, 0.3) is 0 Å². The fraction of sp³-hybridized carbons (Fsp3) is 0.188. The number of rotatable bonds is 4. The van der Waals surface area contributed by atoms with Crippen molar-refractivity contribution in [3.63, 3.8) is 0 Å². The number of aromatic hydroxyl groups is 1. The molecule has 1 unspecified atom stereocenters. The number of nitriles is 1. The molecule has 102 valence electrons. The van der Waals surface area contributed by atoms with Gasteiger partial charge in [0.1, 0.15) is 0 Å². The lowest BCUT2D eigenvalue weighted by molar-refractivity contribution is 0.373. The van der Waals surface area contributed by atoms with Gasteiger partial charge in [-0.25, -0.2) is 0 Å². The number of ether oxygens (including phenoxy) is 1. The highest BCUT2D eigenvalue weighted by Gasteiger charge is 2.08. The van der Waals surface area contributed by atoms with Crippen molar-refractivity contribution >= 4 is 5.69 Å². The standard InChI is InChI=1S/C16H16N2O2/c1-11(13-5-3-4-12(8-13)10-17)18-14-6-7-16(20-2)15(19)9-14/h3-9,11,18-19H,1-2H3. The van der Waals surface area contributed by atoms with Crippen molar-refractivity contribution in [2.24, 2.45) is 0 Å². The molecule has 0 aromatic heterocycles. The number of methoxy groups -OCH3 is 1. The molecular formula is C16H16N2O2. The summed E-state index contributed by atoms with van der Waals surface area (Å²) in [6.45, 7) is 2.00. The van der Waals surface area contributed by atoms with Gasteiger partial charge in [-0.15, -0.1) is 0 Å². The lowest BCUT2D eigenvalue weighted by Gasteiger charge is -2.16. The van der Waals surface area contributed by atoms with Crippen LogP contribution >= 0.6 is 0 Å². The lowest BCUT2D eigenvalue weighted by Crippen LogP contribution is -2.06. The SMILES string of the molecule is COc1ccc(NC(C)c2cccc(C#N)c2)cc1O. The van der Waals surface area contributed by atoms with E-state index in [1.54, 1.807) is 18.2 Å². The third-order valence-corrected chi connectivity index (χ3v) is 3.08. The van der Waals surface area contributed by atoms with Gasteiger partial charge in [0.2, 0.25) is 0 Å². The molecule has 2 N–H and O–H groups in total. The van der Waals surface area contributed by atoms with Gasteiger partial charge in [0.15, 0.2) is 11.5 Å². The Kier molecular flexibility index (Phi) is 4.11. The van der Waals surface area contributed by atoms with Gasteiger partial charge < -0.3 is 15.2 Å². The van der Waals surface area contributed by atoms with E-state index in [0.717, 1.165) is 11.3 Å². The Labute approximate surface area is 118 Å². The van der Waals surface area contributed by atoms with Crippen molar-refractivity contribution in [1.29, 1.82) is 5.26 Å². The molecular weight excluding hydrogens is 252 g/mol. The van der Waals surface area contributed by atoms with Crippen LogP contribution in [0.3, 0.4) is 0 Å². The molecule has 1 atom stereocenters. The summed E-state index contributed by atoms with van der Waals surface area (Å²) in [5.74, 6) is 0.533. The Hall–Kier alpha value is -2.67. The number of hydrogen-bond donors (Lipinski definition) is 2. The summed E-state index contributed by atoms with van der Waals surface area (Å²) in [5.41, 5.74) is 2.44. The van der Waals surface area contributed by atoms with E-state index in [1.807, 2.05) is 31.2 Å². The van der Waals surface area contributed by atoms with E-state index in [4.69, 9.17) is 10.00 Å². The minimum atomic E-state index is 0.0242. The molecule has 2 aromatic carbocycles. The zero-order chi connectivity index (χ0) is 14.5. The first-order chi connectivity index (χ1) is 9.63. The van der Waals surface area contributed by atoms with Crippen LogP contribution in [0.1, 0.15) is 24.1 Å². The minimum absolute atomic E-state index is 0.0242. The number of hydrogen-bond acceptors (Lipinski definition) is 4. The highest BCUT2D eigenvalue weighted by atomic mass is 16.5. The number of phenols is 1. The third kappa shape index (κ3) is 3.01. The molecule has 0 aliphatic heterocycles. The van der Waals surface area contributed by atoms with E-state index < -0.39 is 0 Å². The second-order valence-electron chi connectivity index (χ2n) is 4.49. The molecule has 20 heavy (non-hydrogen) atoms. The monoisotopic (exact) mass is 268 g/mol. The van der Waals surface area contributed by atoms with Crippen LogP contribution in [0.15, 0.2) is 42.5 Å². The van der Waals surface area contributed by atoms with Crippen LogP contribution in [0.2, 0.25) is 0 Å². The molecule has 0 aliphatic rings. The van der Waals surface area contributed by atoms with Gasteiger partial charge in [-0.3, -0.25) is 0 Å². The molecule has 0 bridgehead atoms. The van der Waals surface area contributed by atoms with Crippen LogP contribution < -0.4 is 10.1 Å². The second kappa shape index (κ2) is 5.98. The van der Waals surface area contributed by atoms with Crippen LogP contribution in [0, 0.1) is 11.3 Å². The van der Waals surface area contributed by atoms with Crippen LogP contribution in [-0.2, 0) is 0 Å². The molecule has 4 heteroatoms. The Morgan fingerprint density at radius 3 is 2.70 bits per heavy atom. The summed E-state index contributed by atoms with van der Waals surface area (Å²) in [4.78, 5) is 0. The Balaban J connectivity index is 2.17. The van der Waals surface area contributed by atoms with E-state index in [0.29, 0.717) is 11.3 Å². The van der Waals surface area contributed by atoms with Gasteiger partial charge in [-0.05, 0) is 36.8 Å². The van der Waals surface area contributed by atoms with Crippen molar-refractivity contribution in [2.75, 3.05) is 12.4 Å². The van der Waals surface area contributed by atoms with Gasteiger partial charge in [-0.1, -0.05) is 12.1 Å². The normalized spacial score (nSPS) is 11.4. The maximum Gasteiger partial charge on any atom is 0.160 e. The van der Waals surface area contributed by atoms with E-state index in [-0.39, 0.29) is 11.8 Å². The highest BCUT2D eigenvalue weighted by molar-refractivity contribution is 5.55. The quantitative estimate of drug-likeness (QED) is 0.891. The lowest BCUT2D eigenvalue weighted by atomic mass is 10.1. The van der Waals surface area contributed by atoms with Gasteiger partial charge in [0, 0.05) is 17.8 Å². The fourth-order valence-corrected chi connectivity index (χ4v) is 1.99. The maximum absolute atomic E-state index is 9.75. The van der Waals surface area contributed by atoms with Crippen LogP contribution in [0.4, 0.5) is 5.69 Å². The molecule has 4 nitrogen and oxygen atoms in total. The van der Waals surface area contributed by atoms with E-state index in [1.165, 1.54) is 7.11 Å². The molecule has 0 heterocycles. The van der Waals surface area contributed by atoms with Crippen LogP contribution in [0.25, 0.3) is 0 Å². The molecule has 2 aromatic rings. The zero-order valence-corrected chi connectivity index (χ0v) is 11.4. The van der Waals surface area contributed by atoms with Gasteiger partial charge in [0.05, 0.1) is 18.7 Å². The molecule has 0 fully saturated rings. The summed E-state index contributed by atoms with van der Waals surface area (Å²) >= 11 is 0. The fourth-order valence-electron chi connectivity index (χ4n) is 1.99. The molecule has 0 saturated heterocycles. The largest absolute Gasteiger partial charge is 0.504 e. The average Bonchev–Trinajstić information content (AvgIpc) is 2.47. The summed E-state index contributed by atoms with van der Waals surface area (Å²) in [6.07, 6.45) is 0. The number of nitrogens with one attached hydrogen (secondary N) is 1. The first-order valence-electron chi connectivity index (χ1n) is 6.27. The topological polar surface area (TPSA) is 65.3 Å². The Morgan fingerprint density at radius 1 is 1.25 bits per heavy atom. The smallest absolute Gasteiger partial charge is 0.160 e. The number of nitrogens with zero attached hydrogens (tertiary/aromatic N) is 1. The van der Waals surface area contributed by atoms with E-state index in [9.17, 15) is 5.11 Å². The van der Waals surface area contributed by atoms with Gasteiger partial charge >= 0.3 is 0 Å². The predicted octanol–water partition coefficient (Wildman–Crippen LogP) is 3.45. The predicted molar refractivity (Wildman–Crippen MR) is 77.9 cm³/mol. The molecule has 0 aliphatic carbocycles. The zero-order valence-electron chi connectivity index (χ0n) is 11.4. The molecule has 0 amide bonds. The summed E-state index contributed by atoms with van der Waals surface area (Å²) < 4.78 is 5.01. The van der Waals surface area contributed by atoms with Crippen molar-refractivity contribution in [1.82, 2.24) is 0 Å². The van der Waals surface area contributed by atoms with Crippen LogP contribution in [-0.4, -0.2) is 12.2 Å². The molecule has 2 rings (SSSR count). The Morgan fingerprint density at radius 2 is 2.05 bits per heavy atom. The van der Waals surface area contributed by atoms with Crippen LogP contribution in [0.5, 0.6) is 11.5 Å². The summed E-state index contributed by atoms with van der Waals surface area (Å²) in [6, 6.07) is 14.7. The second-order valence-corrected chi connectivity index (χ2v) is 4.49. The maximum atomic E-state index is 9.75. The van der Waals surface area contributed by atoms with Crippen molar-refractivity contribution in [2.45, 2.75) is 13.0 Å². The summed E-state index contributed by atoms with van der Waals surface area (Å²) in [7, 11) is 1.51. The molecule has 0 spiro atoms. The van der Waals surface area contributed by atoms with Gasteiger partial charge in [-0.2, -0.15) is 5.26 Å². The minimum Gasteiger partial charge on any atom is -0.504 e. The first kappa shape index (κ1) is 13.8. The number of phenolic OH excluding ortho intramolecular Hbond substituents is 1.